The van der Waals surface area contributed by atoms with Crippen molar-refractivity contribution in [1.29, 1.82) is 0 Å². The summed E-state index contributed by atoms with van der Waals surface area (Å²) in [6, 6.07) is 5.32. The first kappa shape index (κ1) is 16.1. The second kappa shape index (κ2) is 8.23. The Labute approximate surface area is 127 Å². The Kier molecular flexibility index (Phi) is 6.30. The highest BCUT2D eigenvalue weighted by molar-refractivity contribution is 5.51. The number of benzene rings is 1. The number of anilines is 1. The van der Waals surface area contributed by atoms with E-state index in [2.05, 4.69) is 6.92 Å². The minimum absolute atomic E-state index is 0.146. The molecule has 4 heteroatoms. The van der Waals surface area contributed by atoms with Crippen LogP contribution in [0.15, 0.2) is 18.2 Å². The third kappa shape index (κ3) is 4.88. The largest absolute Gasteiger partial charge is 0.493 e. The average Bonchev–Trinajstić information content (AvgIpc) is 2.47. The predicted octanol–water partition coefficient (Wildman–Crippen LogP) is 3.71. The molecule has 1 saturated heterocycles. The molecule has 0 saturated carbocycles. The van der Waals surface area contributed by atoms with Crippen molar-refractivity contribution in [2.75, 3.05) is 24.6 Å². The molecule has 0 aromatic heterocycles. The fourth-order valence-electron chi connectivity index (χ4n) is 2.78. The molecule has 118 valence electrons. The second-order valence-electron chi connectivity index (χ2n) is 5.87. The molecule has 1 atom stereocenters. The second-order valence-corrected chi connectivity index (χ2v) is 5.87. The number of hydrogen-bond acceptors (Lipinski definition) is 3. The summed E-state index contributed by atoms with van der Waals surface area (Å²) < 4.78 is 19.8. The van der Waals surface area contributed by atoms with Crippen molar-refractivity contribution in [3.05, 3.63) is 24.0 Å². The van der Waals surface area contributed by atoms with Gasteiger partial charge in [-0.2, -0.15) is 0 Å². The highest BCUT2D eigenvalue weighted by atomic mass is 19.1. The zero-order valence-electron chi connectivity index (χ0n) is 13.0. The normalized spacial score (nSPS) is 18.8. The lowest BCUT2D eigenvalue weighted by molar-refractivity contribution is 0.303. The number of ether oxygens (including phenoxy) is 1. The molecule has 0 spiro atoms. The van der Waals surface area contributed by atoms with Gasteiger partial charge in [-0.05, 0) is 31.4 Å². The van der Waals surface area contributed by atoms with E-state index in [9.17, 15) is 4.39 Å². The van der Waals surface area contributed by atoms with Crippen molar-refractivity contribution in [1.82, 2.24) is 0 Å². The van der Waals surface area contributed by atoms with Crippen molar-refractivity contribution in [3.63, 3.8) is 0 Å². The fourth-order valence-corrected chi connectivity index (χ4v) is 2.78. The minimum Gasteiger partial charge on any atom is -0.493 e. The van der Waals surface area contributed by atoms with E-state index in [-0.39, 0.29) is 11.9 Å². The Morgan fingerprint density at radius 2 is 2.19 bits per heavy atom. The SMILES string of the molecule is CCCCCCOc1ccc(N2CCCC(N)C2)c(F)c1. The van der Waals surface area contributed by atoms with Crippen LogP contribution in [0.4, 0.5) is 10.1 Å². The van der Waals surface area contributed by atoms with Crippen molar-refractivity contribution < 1.29 is 9.13 Å². The maximum atomic E-state index is 14.2. The molecule has 21 heavy (non-hydrogen) atoms. The lowest BCUT2D eigenvalue weighted by Crippen LogP contribution is -2.43. The van der Waals surface area contributed by atoms with E-state index in [1.807, 2.05) is 17.0 Å². The zero-order valence-corrected chi connectivity index (χ0v) is 13.0. The number of nitrogens with zero attached hydrogens (tertiary/aromatic N) is 1. The fraction of sp³-hybridized carbons (Fsp3) is 0.647. The molecule has 2 N–H and O–H groups in total. The summed E-state index contributed by atoms with van der Waals surface area (Å²) in [5.41, 5.74) is 6.60. The van der Waals surface area contributed by atoms with Gasteiger partial charge in [0.25, 0.3) is 0 Å². The molecule has 0 amide bonds. The van der Waals surface area contributed by atoms with Gasteiger partial charge in [0.2, 0.25) is 0 Å². The van der Waals surface area contributed by atoms with Gasteiger partial charge in [-0.3, -0.25) is 0 Å². The van der Waals surface area contributed by atoms with Crippen LogP contribution < -0.4 is 15.4 Å². The van der Waals surface area contributed by atoms with E-state index in [4.69, 9.17) is 10.5 Å². The van der Waals surface area contributed by atoms with Crippen molar-refractivity contribution >= 4 is 5.69 Å². The van der Waals surface area contributed by atoms with E-state index in [0.717, 1.165) is 32.4 Å². The third-order valence-electron chi connectivity index (χ3n) is 3.98. The number of hydrogen-bond donors (Lipinski definition) is 1. The summed E-state index contributed by atoms with van der Waals surface area (Å²) >= 11 is 0. The average molecular weight is 294 g/mol. The lowest BCUT2D eigenvalue weighted by Gasteiger charge is -2.32. The highest BCUT2D eigenvalue weighted by Gasteiger charge is 2.19. The standard InChI is InChI=1S/C17H27FN2O/c1-2-3-4-5-11-21-15-8-9-17(16(18)12-15)20-10-6-7-14(19)13-20/h8-9,12,14H,2-7,10-11,13,19H2,1H3. The van der Waals surface area contributed by atoms with Gasteiger partial charge in [0.05, 0.1) is 12.3 Å². The van der Waals surface area contributed by atoms with E-state index < -0.39 is 0 Å². The van der Waals surface area contributed by atoms with E-state index >= 15 is 0 Å². The van der Waals surface area contributed by atoms with E-state index in [1.54, 1.807) is 0 Å². The smallest absolute Gasteiger partial charge is 0.150 e. The van der Waals surface area contributed by atoms with Gasteiger partial charge in [-0.1, -0.05) is 26.2 Å². The molecule has 1 unspecified atom stereocenters. The van der Waals surface area contributed by atoms with Gasteiger partial charge < -0.3 is 15.4 Å². The van der Waals surface area contributed by atoms with E-state index in [1.165, 1.54) is 25.3 Å². The molecule has 0 radical (unpaired) electrons. The molecule has 1 fully saturated rings. The van der Waals surface area contributed by atoms with Gasteiger partial charge in [0, 0.05) is 25.2 Å². The predicted molar refractivity (Wildman–Crippen MR) is 85.5 cm³/mol. The molecule has 1 aliphatic rings. The number of rotatable bonds is 7. The Balaban J connectivity index is 1.88. The molecule has 1 aliphatic heterocycles. The molecule has 3 nitrogen and oxygen atoms in total. The van der Waals surface area contributed by atoms with Crippen molar-refractivity contribution in [3.8, 4) is 5.75 Å². The number of piperidine rings is 1. The molecular formula is C17H27FN2O. The topological polar surface area (TPSA) is 38.5 Å². The minimum atomic E-state index is -0.213. The summed E-state index contributed by atoms with van der Waals surface area (Å²) in [6.07, 6.45) is 6.68. The van der Waals surface area contributed by atoms with Crippen LogP contribution in [0.1, 0.15) is 45.4 Å². The number of halogens is 1. The van der Waals surface area contributed by atoms with Crippen LogP contribution in [-0.2, 0) is 0 Å². The Morgan fingerprint density at radius 3 is 2.90 bits per heavy atom. The Hall–Kier alpha value is -1.29. The van der Waals surface area contributed by atoms with E-state index in [0.29, 0.717) is 18.0 Å². The maximum Gasteiger partial charge on any atom is 0.150 e. The third-order valence-corrected chi connectivity index (χ3v) is 3.98. The van der Waals surface area contributed by atoms with Crippen LogP contribution >= 0.6 is 0 Å². The molecule has 1 aromatic carbocycles. The van der Waals surface area contributed by atoms with Crippen molar-refractivity contribution in [2.45, 2.75) is 51.5 Å². The van der Waals surface area contributed by atoms with Gasteiger partial charge in [-0.15, -0.1) is 0 Å². The van der Waals surface area contributed by atoms with Crippen LogP contribution in [0.2, 0.25) is 0 Å². The quantitative estimate of drug-likeness (QED) is 0.779. The molecular weight excluding hydrogens is 267 g/mol. The summed E-state index contributed by atoms with van der Waals surface area (Å²) in [5, 5.41) is 0. The van der Waals surface area contributed by atoms with Gasteiger partial charge in [-0.25, -0.2) is 4.39 Å². The first-order valence-corrected chi connectivity index (χ1v) is 8.13. The van der Waals surface area contributed by atoms with Crippen molar-refractivity contribution in [2.24, 2.45) is 5.73 Å². The van der Waals surface area contributed by atoms with Crippen LogP contribution in [0, 0.1) is 5.82 Å². The summed E-state index contributed by atoms with van der Waals surface area (Å²) in [6.45, 7) is 4.45. The van der Waals surface area contributed by atoms with Gasteiger partial charge in [0.1, 0.15) is 11.6 Å². The van der Waals surface area contributed by atoms with Gasteiger partial charge in [0.15, 0.2) is 0 Å². The first-order chi connectivity index (χ1) is 10.2. The molecule has 1 heterocycles. The van der Waals surface area contributed by atoms with Crippen LogP contribution in [0.3, 0.4) is 0 Å². The molecule has 0 aliphatic carbocycles. The summed E-state index contributed by atoms with van der Waals surface area (Å²) in [4.78, 5) is 2.04. The number of nitrogens with two attached hydrogens (primary N) is 1. The first-order valence-electron chi connectivity index (χ1n) is 8.13. The Bertz CT molecular complexity index is 439. The summed E-state index contributed by atoms with van der Waals surface area (Å²) in [7, 11) is 0. The monoisotopic (exact) mass is 294 g/mol. The molecule has 2 rings (SSSR count). The van der Waals surface area contributed by atoms with Crippen LogP contribution in [0.5, 0.6) is 5.75 Å². The highest BCUT2D eigenvalue weighted by Crippen LogP contribution is 2.26. The maximum absolute atomic E-state index is 14.2. The van der Waals surface area contributed by atoms with Gasteiger partial charge >= 0.3 is 0 Å². The lowest BCUT2D eigenvalue weighted by atomic mass is 10.1. The zero-order chi connectivity index (χ0) is 15.1. The molecule has 0 bridgehead atoms. The molecule has 1 aromatic rings. The van der Waals surface area contributed by atoms with Crippen LogP contribution in [-0.4, -0.2) is 25.7 Å². The van der Waals surface area contributed by atoms with Crippen LogP contribution in [0.25, 0.3) is 0 Å². The Morgan fingerprint density at radius 1 is 1.33 bits per heavy atom. The number of unbranched alkanes of at least 4 members (excludes halogenated alkanes) is 3. The summed E-state index contributed by atoms with van der Waals surface area (Å²) in [5.74, 6) is 0.407.